The summed E-state index contributed by atoms with van der Waals surface area (Å²) < 4.78 is 0. The van der Waals surface area contributed by atoms with Crippen LogP contribution < -0.4 is 10.6 Å². The van der Waals surface area contributed by atoms with Gasteiger partial charge in [-0.3, -0.25) is 4.79 Å². The average Bonchev–Trinajstić information content (AvgIpc) is 2.79. The number of aromatic nitrogens is 1. The summed E-state index contributed by atoms with van der Waals surface area (Å²) in [6.07, 6.45) is 3.14. The Morgan fingerprint density at radius 1 is 1.33 bits per heavy atom. The zero-order valence-electron chi connectivity index (χ0n) is 9.80. The fourth-order valence-electron chi connectivity index (χ4n) is 2.22. The molecule has 2 heterocycles. The lowest BCUT2D eigenvalue weighted by atomic mass is 10.0. The highest BCUT2D eigenvalue weighted by atomic mass is 32.1. The van der Waals surface area contributed by atoms with Crippen molar-refractivity contribution in [3.05, 3.63) is 40.9 Å². The molecular weight excluding hydrogens is 246 g/mol. The van der Waals surface area contributed by atoms with Crippen LogP contribution in [0.4, 0.5) is 10.8 Å². The molecule has 1 aromatic heterocycles. The van der Waals surface area contributed by atoms with Crippen molar-refractivity contribution >= 4 is 28.1 Å². The second-order valence-electron chi connectivity index (χ2n) is 4.27. The number of nitrogens with two attached hydrogens (primary N) is 1. The van der Waals surface area contributed by atoms with E-state index in [9.17, 15) is 4.79 Å². The molecule has 0 fully saturated rings. The van der Waals surface area contributed by atoms with E-state index in [1.807, 2.05) is 23.1 Å². The molecule has 0 spiro atoms. The number of nitrogens with zero attached hydrogens (tertiary/aromatic N) is 2. The molecule has 0 saturated carbocycles. The van der Waals surface area contributed by atoms with E-state index >= 15 is 0 Å². The second kappa shape index (κ2) is 4.42. The Kier molecular flexibility index (Phi) is 2.76. The van der Waals surface area contributed by atoms with Crippen LogP contribution in [0.2, 0.25) is 0 Å². The number of para-hydroxylation sites is 1. The van der Waals surface area contributed by atoms with E-state index in [1.54, 1.807) is 6.20 Å². The molecular formula is C13H13N3OS. The van der Waals surface area contributed by atoms with Crippen LogP contribution in [-0.2, 0) is 17.8 Å². The first-order chi connectivity index (χ1) is 8.74. The van der Waals surface area contributed by atoms with Crippen LogP contribution in [-0.4, -0.2) is 10.9 Å². The third-order valence-electron chi connectivity index (χ3n) is 3.08. The van der Waals surface area contributed by atoms with Gasteiger partial charge in [-0.2, -0.15) is 0 Å². The minimum absolute atomic E-state index is 0.167. The van der Waals surface area contributed by atoms with E-state index in [4.69, 9.17) is 5.73 Å². The lowest BCUT2D eigenvalue weighted by Gasteiger charge is -2.28. The minimum atomic E-state index is 0.167. The SMILES string of the molecule is Nc1ncc(CN2C(=O)CCc3ccccc32)s1. The van der Waals surface area contributed by atoms with E-state index < -0.39 is 0 Å². The minimum Gasteiger partial charge on any atom is -0.375 e. The summed E-state index contributed by atoms with van der Waals surface area (Å²) in [5.74, 6) is 0.167. The first-order valence-electron chi connectivity index (χ1n) is 5.82. The van der Waals surface area contributed by atoms with Gasteiger partial charge < -0.3 is 10.6 Å². The van der Waals surface area contributed by atoms with Gasteiger partial charge in [0.15, 0.2) is 5.13 Å². The summed E-state index contributed by atoms with van der Waals surface area (Å²) in [5, 5.41) is 0.544. The van der Waals surface area contributed by atoms with Crippen LogP contribution >= 0.6 is 11.3 Å². The van der Waals surface area contributed by atoms with Gasteiger partial charge in [-0.1, -0.05) is 18.2 Å². The Hall–Kier alpha value is -1.88. The van der Waals surface area contributed by atoms with Gasteiger partial charge in [0.05, 0.1) is 6.54 Å². The maximum Gasteiger partial charge on any atom is 0.227 e. The number of thiazole rings is 1. The molecule has 92 valence electrons. The van der Waals surface area contributed by atoms with Crippen molar-refractivity contribution in [1.82, 2.24) is 4.98 Å². The number of fused-ring (bicyclic) bond motifs is 1. The largest absolute Gasteiger partial charge is 0.375 e. The standard InChI is InChI=1S/C13H13N3OS/c14-13-15-7-10(18-13)8-16-11-4-2-1-3-9(11)5-6-12(16)17/h1-4,7H,5-6,8H2,(H2,14,15). The van der Waals surface area contributed by atoms with E-state index in [2.05, 4.69) is 11.1 Å². The van der Waals surface area contributed by atoms with E-state index in [-0.39, 0.29) is 5.91 Å². The monoisotopic (exact) mass is 259 g/mol. The van der Waals surface area contributed by atoms with Crippen LogP contribution in [0.25, 0.3) is 0 Å². The Bertz CT molecular complexity index is 593. The molecule has 4 nitrogen and oxygen atoms in total. The normalized spacial score (nSPS) is 14.7. The first-order valence-corrected chi connectivity index (χ1v) is 6.64. The van der Waals surface area contributed by atoms with Crippen molar-refractivity contribution in [2.45, 2.75) is 19.4 Å². The third kappa shape index (κ3) is 1.97. The molecule has 0 saturated heterocycles. The second-order valence-corrected chi connectivity index (χ2v) is 5.42. The summed E-state index contributed by atoms with van der Waals surface area (Å²) in [6, 6.07) is 8.05. The summed E-state index contributed by atoms with van der Waals surface area (Å²) in [7, 11) is 0. The predicted octanol–water partition coefficient (Wildman–Crippen LogP) is 2.20. The number of aryl methyl sites for hydroxylation is 1. The molecule has 18 heavy (non-hydrogen) atoms. The Balaban J connectivity index is 1.93. The van der Waals surface area contributed by atoms with Crippen molar-refractivity contribution < 1.29 is 4.79 Å². The Morgan fingerprint density at radius 2 is 2.17 bits per heavy atom. The molecule has 1 amide bonds. The highest BCUT2D eigenvalue weighted by Gasteiger charge is 2.24. The maximum atomic E-state index is 12.0. The Labute approximate surface area is 109 Å². The first kappa shape index (κ1) is 11.2. The molecule has 0 bridgehead atoms. The number of carbonyl (C=O) groups excluding carboxylic acids is 1. The van der Waals surface area contributed by atoms with Gasteiger partial charge >= 0.3 is 0 Å². The molecule has 0 aliphatic carbocycles. The number of anilines is 2. The van der Waals surface area contributed by atoms with Crippen LogP contribution in [0.1, 0.15) is 16.9 Å². The fourth-order valence-corrected chi connectivity index (χ4v) is 2.89. The fraction of sp³-hybridized carbons (Fsp3) is 0.231. The van der Waals surface area contributed by atoms with Gasteiger partial charge in [-0.05, 0) is 18.1 Å². The molecule has 2 N–H and O–H groups in total. The zero-order valence-corrected chi connectivity index (χ0v) is 10.6. The Morgan fingerprint density at radius 3 is 2.94 bits per heavy atom. The third-order valence-corrected chi connectivity index (χ3v) is 3.89. The molecule has 5 heteroatoms. The van der Waals surface area contributed by atoms with Crippen LogP contribution in [0, 0.1) is 0 Å². The molecule has 0 radical (unpaired) electrons. The zero-order chi connectivity index (χ0) is 12.5. The quantitative estimate of drug-likeness (QED) is 0.899. The van der Waals surface area contributed by atoms with Crippen LogP contribution in [0.3, 0.4) is 0 Å². The highest BCUT2D eigenvalue weighted by Crippen LogP contribution is 2.30. The summed E-state index contributed by atoms with van der Waals surface area (Å²) in [6.45, 7) is 0.560. The van der Waals surface area contributed by atoms with E-state index in [1.165, 1.54) is 16.9 Å². The number of benzene rings is 1. The van der Waals surface area contributed by atoms with Crippen LogP contribution in [0.15, 0.2) is 30.5 Å². The van der Waals surface area contributed by atoms with Gasteiger partial charge in [0.25, 0.3) is 0 Å². The van der Waals surface area contributed by atoms with E-state index in [0.717, 1.165) is 17.0 Å². The molecule has 0 atom stereocenters. The van der Waals surface area contributed by atoms with E-state index in [0.29, 0.717) is 18.1 Å². The van der Waals surface area contributed by atoms with Crippen molar-refractivity contribution in [1.29, 1.82) is 0 Å². The van der Waals surface area contributed by atoms with Gasteiger partial charge in [0, 0.05) is 23.2 Å². The maximum absolute atomic E-state index is 12.0. The van der Waals surface area contributed by atoms with Crippen molar-refractivity contribution in [3.8, 4) is 0 Å². The lowest BCUT2D eigenvalue weighted by molar-refractivity contribution is -0.119. The summed E-state index contributed by atoms with van der Waals surface area (Å²) in [4.78, 5) is 18.9. The van der Waals surface area contributed by atoms with Gasteiger partial charge in [-0.15, -0.1) is 11.3 Å². The predicted molar refractivity (Wildman–Crippen MR) is 72.5 cm³/mol. The topological polar surface area (TPSA) is 59.2 Å². The number of nitrogen functional groups attached to an aromatic ring is 1. The molecule has 2 aromatic rings. The number of rotatable bonds is 2. The summed E-state index contributed by atoms with van der Waals surface area (Å²) >= 11 is 1.43. The van der Waals surface area contributed by atoms with Crippen molar-refractivity contribution in [3.63, 3.8) is 0 Å². The lowest BCUT2D eigenvalue weighted by Crippen LogP contribution is -2.34. The molecule has 1 aliphatic rings. The summed E-state index contributed by atoms with van der Waals surface area (Å²) in [5.41, 5.74) is 7.86. The van der Waals surface area contributed by atoms with Gasteiger partial charge in [0.2, 0.25) is 5.91 Å². The molecule has 3 rings (SSSR count). The van der Waals surface area contributed by atoms with Gasteiger partial charge in [-0.25, -0.2) is 4.98 Å². The molecule has 1 aliphatic heterocycles. The smallest absolute Gasteiger partial charge is 0.227 e. The number of hydrogen-bond acceptors (Lipinski definition) is 4. The van der Waals surface area contributed by atoms with Crippen LogP contribution in [0.5, 0.6) is 0 Å². The van der Waals surface area contributed by atoms with Crippen molar-refractivity contribution in [2.75, 3.05) is 10.6 Å². The molecule has 0 unspecified atom stereocenters. The highest BCUT2D eigenvalue weighted by molar-refractivity contribution is 7.15. The molecule has 1 aromatic carbocycles. The number of amides is 1. The number of hydrogen-bond donors (Lipinski definition) is 1. The average molecular weight is 259 g/mol. The van der Waals surface area contributed by atoms with Gasteiger partial charge in [0.1, 0.15) is 0 Å². The van der Waals surface area contributed by atoms with Crippen molar-refractivity contribution in [2.24, 2.45) is 0 Å². The number of carbonyl (C=O) groups is 1.